The van der Waals surface area contributed by atoms with E-state index in [0.717, 1.165) is 0 Å². The van der Waals surface area contributed by atoms with Crippen molar-refractivity contribution < 1.29 is 0 Å². The first-order valence-electron chi connectivity index (χ1n) is 14.5. The molecule has 0 spiro atoms. The first-order valence-corrected chi connectivity index (χ1v) is 14.5. The Morgan fingerprint density at radius 3 is 1.29 bits per heavy atom. The third-order valence-electron chi connectivity index (χ3n) is 8.45. The number of fused-ring (bicyclic) bond motifs is 3. The maximum absolute atomic E-state index is 2.45. The van der Waals surface area contributed by atoms with Crippen LogP contribution in [0, 0.1) is 0 Å². The van der Waals surface area contributed by atoms with Crippen molar-refractivity contribution in [2.45, 2.75) is 0 Å². The van der Waals surface area contributed by atoms with Gasteiger partial charge in [-0.1, -0.05) is 158 Å². The van der Waals surface area contributed by atoms with Crippen LogP contribution in [0.5, 0.6) is 0 Å². The Hall–Kier alpha value is -5.46. The molecule has 0 saturated carbocycles. The molecular formula is C42H28. The molecule has 8 aromatic carbocycles. The normalized spacial score (nSPS) is 11.3. The van der Waals surface area contributed by atoms with Gasteiger partial charge in [0.2, 0.25) is 0 Å². The Morgan fingerprint density at radius 1 is 0.238 bits per heavy atom. The van der Waals surface area contributed by atoms with E-state index in [0.29, 0.717) is 0 Å². The van der Waals surface area contributed by atoms with Crippen molar-refractivity contribution in [2.24, 2.45) is 0 Å². The Balaban J connectivity index is 1.53. The van der Waals surface area contributed by atoms with Gasteiger partial charge >= 0.3 is 0 Å². The van der Waals surface area contributed by atoms with Gasteiger partial charge in [0.15, 0.2) is 0 Å². The standard InChI is InChI=1S/C42H28/c1-4-15-29(16-5-1)33-22-10-11-23-34(33)35-26-14-21-32-27-39-40(28-38(32)35)42(31-19-8-3-9-20-31)37-25-13-12-24-36(37)41(39)30-17-6-2-7-18-30/h1-28H. The van der Waals surface area contributed by atoms with E-state index >= 15 is 0 Å². The maximum atomic E-state index is 2.45. The lowest BCUT2D eigenvalue weighted by Gasteiger charge is -2.20. The van der Waals surface area contributed by atoms with Gasteiger partial charge in [-0.2, -0.15) is 0 Å². The van der Waals surface area contributed by atoms with E-state index in [1.54, 1.807) is 0 Å². The van der Waals surface area contributed by atoms with E-state index in [2.05, 4.69) is 170 Å². The number of benzene rings is 8. The van der Waals surface area contributed by atoms with Crippen molar-refractivity contribution in [3.63, 3.8) is 0 Å². The maximum Gasteiger partial charge on any atom is -0.00261 e. The van der Waals surface area contributed by atoms with Gasteiger partial charge in [0.1, 0.15) is 0 Å². The molecule has 0 N–H and O–H groups in total. The van der Waals surface area contributed by atoms with Crippen LogP contribution in [-0.2, 0) is 0 Å². The van der Waals surface area contributed by atoms with E-state index in [1.165, 1.54) is 76.8 Å². The largest absolute Gasteiger partial charge is 0.0622 e. The molecule has 0 fully saturated rings. The molecule has 0 aliphatic rings. The zero-order valence-electron chi connectivity index (χ0n) is 23.2. The molecular weight excluding hydrogens is 504 g/mol. The van der Waals surface area contributed by atoms with Gasteiger partial charge in [0.25, 0.3) is 0 Å². The zero-order valence-corrected chi connectivity index (χ0v) is 23.2. The second kappa shape index (κ2) is 10.2. The molecule has 0 nitrogen and oxygen atoms in total. The van der Waals surface area contributed by atoms with Crippen molar-refractivity contribution in [3.8, 4) is 44.5 Å². The van der Waals surface area contributed by atoms with E-state index in [1.807, 2.05) is 0 Å². The Labute approximate surface area is 246 Å². The third kappa shape index (κ3) is 4.00. The SMILES string of the molecule is c1ccc(-c2ccccc2-c2cccc3cc4c(-c5ccccc5)c5ccccc5c(-c5ccccc5)c4cc23)cc1. The van der Waals surface area contributed by atoms with Gasteiger partial charge in [0.05, 0.1) is 0 Å². The van der Waals surface area contributed by atoms with Crippen LogP contribution in [0.15, 0.2) is 170 Å². The lowest BCUT2D eigenvalue weighted by molar-refractivity contribution is 1.60. The fraction of sp³-hybridized carbons (Fsp3) is 0. The van der Waals surface area contributed by atoms with Crippen LogP contribution in [0.2, 0.25) is 0 Å². The monoisotopic (exact) mass is 532 g/mol. The van der Waals surface area contributed by atoms with E-state index in [4.69, 9.17) is 0 Å². The highest BCUT2D eigenvalue weighted by atomic mass is 14.2. The van der Waals surface area contributed by atoms with Gasteiger partial charge in [-0.15, -0.1) is 0 Å². The van der Waals surface area contributed by atoms with Crippen LogP contribution in [0.1, 0.15) is 0 Å². The van der Waals surface area contributed by atoms with Crippen LogP contribution in [0.4, 0.5) is 0 Å². The summed E-state index contributed by atoms with van der Waals surface area (Å²) in [6, 6.07) is 61.7. The highest BCUT2D eigenvalue weighted by Crippen LogP contribution is 2.46. The van der Waals surface area contributed by atoms with Gasteiger partial charge < -0.3 is 0 Å². The molecule has 0 aliphatic carbocycles. The topological polar surface area (TPSA) is 0 Å². The molecule has 0 aromatic heterocycles. The molecule has 42 heavy (non-hydrogen) atoms. The third-order valence-corrected chi connectivity index (χ3v) is 8.45. The fourth-order valence-electron chi connectivity index (χ4n) is 6.60. The fourth-order valence-corrected chi connectivity index (χ4v) is 6.60. The molecule has 0 unspecified atom stereocenters. The smallest absolute Gasteiger partial charge is 0.00261 e. The highest BCUT2D eigenvalue weighted by molar-refractivity contribution is 6.24. The quantitative estimate of drug-likeness (QED) is 0.198. The molecule has 0 amide bonds. The van der Waals surface area contributed by atoms with Crippen molar-refractivity contribution in [1.82, 2.24) is 0 Å². The molecule has 0 heterocycles. The molecule has 0 aliphatic heterocycles. The first-order chi connectivity index (χ1) is 20.9. The predicted octanol–water partition coefficient (Wildman–Crippen LogP) is 11.8. The number of hydrogen-bond donors (Lipinski definition) is 0. The van der Waals surface area contributed by atoms with Crippen LogP contribution < -0.4 is 0 Å². The second-order valence-corrected chi connectivity index (χ2v) is 10.9. The molecule has 0 heteroatoms. The van der Waals surface area contributed by atoms with Gasteiger partial charge in [0, 0.05) is 0 Å². The van der Waals surface area contributed by atoms with Crippen molar-refractivity contribution in [2.75, 3.05) is 0 Å². The molecule has 0 atom stereocenters. The first kappa shape index (κ1) is 24.3. The number of rotatable bonds is 4. The summed E-state index contributed by atoms with van der Waals surface area (Å²) in [7, 11) is 0. The lowest BCUT2D eigenvalue weighted by Crippen LogP contribution is -1.92. The Morgan fingerprint density at radius 2 is 0.690 bits per heavy atom. The minimum atomic E-state index is 1.23. The van der Waals surface area contributed by atoms with Crippen molar-refractivity contribution in [3.05, 3.63) is 170 Å². The van der Waals surface area contributed by atoms with Gasteiger partial charge in [-0.25, -0.2) is 0 Å². The second-order valence-electron chi connectivity index (χ2n) is 10.9. The predicted molar refractivity (Wildman–Crippen MR) is 181 cm³/mol. The van der Waals surface area contributed by atoms with Crippen LogP contribution in [0.25, 0.3) is 76.8 Å². The summed E-state index contributed by atoms with van der Waals surface area (Å²) >= 11 is 0. The summed E-state index contributed by atoms with van der Waals surface area (Å²) < 4.78 is 0. The van der Waals surface area contributed by atoms with Crippen molar-refractivity contribution >= 4 is 32.3 Å². The molecule has 0 bridgehead atoms. The van der Waals surface area contributed by atoms with Gasteiger partial charge in [-0.3, -0.25) is 0 Å². The summed E-state index contributed by atoms with van der Waals surface area (Å²) in [5, 5.41) is 7.61. The summed E-state index contributed by atoms with van der Waals surface area (Å²) in [5.74, 6) is 0. The van der Waals surface area contributed by atoms with E-state index < -0.39 is 0 Å². The van der Waals surface area contributed by atoms with Crippen LogP contribution in [0.3, 0.4) is 0 Å². The van der Waals surface area contributed by atoms with E-state index in [9.17, 15) is 0 Å². The van der Waals surface area contributed by atoms with Crippen molar-refractivity contribution in [1.29, 1.82) is 0 Å². The van der Waals surface area contributed by atoms with Gasteiger partial charge in [-0.05, 0) is 89.0 Å². The summed E-state index contributed by atoms with van der Waals surface area (Å²) in [4.78, 5) is 0. The minimum Gasteiger partial charge on any atom is -0.0622 e. The Kier molecular flexibility index (Phi) is 5.90. The molecule has 0 radical (unpaired) electrons. The summed E-state index contributed by atoms with van der Waals surface area (Å²) in [6.45, 7) is 0. The number of hydrogen-bond acceptors (Lipinski definition) is 0. The summed E-state index contributed by atoms with van der Waals surface area (Å²) in [5.41, 5.74) is 10.0. The minimum absolute atomic E-state index is 1.23. The van der Waals surface area contributed by atoms with E-state index in [-0.39, 0.29) is 0 Å². The van der Waals surface area contributed by atoms with Crippen LogP contribution >= 0.6 is 0 Å². The molecule has 8 aromatic rings. The zero-order chi connectivity index (χ0) is 27.9. The van der Waals surface area contributed by atoms with Crippen LogP contribution in [-0.4, -0.2) is 0 Å². The highest BCUT2D eigenvalue weighted by Gasteiger charge is 2.18. The summed E-state index contributed by atoms with van der Waals surface area (Å²) in [6.07, 6.45) is 0. The lowest BCUT2D eigenvalue weighted by atomic mass is 9.83. The molecule has 0 saturated heterocycles. The molecule has 196 valence electrons. The molecule has 8 rings (SSSR count). The Bertz CT molecular complexity index is 2210. The average Bonchev–Trinajstić information content (AvgIpc) is 3.07. The average molecular weight is 533 g/mol.